The summed E-state index contributed by atoms with van der Waals surface area (Å²) < 4.78 is 40.7. The molecule has 0 aliphatic heterocycles. The molecule has 0 aromatic carbocycles. The Kier molecular flexibility index (Phi) is 5.11. The molecule has 1 aromatic heterocycles. The molecule has 1 amide bonds. The lowest BCUT2D eigenvalue weighted by Crippen LogP contribution is -2.37. The highest BCUT2D eigenvalue weighted by atomic mass is 19.4. The second kappa shape index (κ2) is 6.37. The molecule has 1 heterocycles. The Morgan fingerprint density at radius 1 is 1.58 bits per heavy atom. The van der Waals surface area contributed by atoms with Crippen molar-refractivity contribution in [3.8, 4) is 5.88 Å². The highest BCUT2D eigenvalue weighted by Crippen LogP contribution is 2.19. The number of halogens is 3. The van der Waals surface area contributed by atoms with Crippen molar-refractivity contribution >= 4 is 5.91 Å². The number of amides is 1. The molecule has 1 aromatic rings. The molecule has 0 aliphatic rings. The first-order valence-electron chi connectivity index (χ1n) is 5.46. The molecule has 5 nitrogen and oxygen atoms in total. The monoisotopic (exact) mass is 277 g/mol. The smallest absolute Gasteiger partial charge is 0.422 e. The Morgan fingerprint density at radius 3 is 2.84 bits per heavy atom. The Balaban J connectivity index is 2.65. The SMILES string of the molecule is C[C@@H](N)C(=O)NCc1cccnc1OCC(F)(F)F. The molecule has 106 valence electrons. The minimum atomic E-state index is -4.44. The Morgan fingerprint density at radius 2 is 2.26 bits per heavy atom. The van der Waals surface area contributed by atoms with Crippen LogP contribution >= 0.6 is 0 Å². The van der Waals surface area contributed by atoms with Crippen LogP contribution in [0.4, 0.5) is 13.2 Å². The molecule has 0 spiro atoms. The van der Waals surface area contributed by atoms with E-state index in [0.29, 0.717) is 5.56 Å². The number of nitrogens with zero attached hydrogens (tertiary/aromatic N) is 1. The van der Waals surface area contributed by atoms with Crippen molar-refractivity contribution < 1.29 is 22.7 Å². The maximum absolute atomic E-state index is 12.1. The van der Waals surface area contributed by atoms with Gasteiger partial charge in [0.15, 0.2) is 6.61 Å². The minimum Gasteiger partial charge on any atom is -0.468 e. The van der Waals surface area contributed by atoms with Crippen molar-refractivity contribution in [2.75, 3.05) is 6.61 Å². The Labute approximate surface area is 108 Å². The third-order valence-electron chi connectivity index (χ3n) is 2.09. The Hall–Kier alpha value is -1.83. The van der Waals surface area contributed by atoms with Crippen molar-refractivity contribution in [3.05, 3.63) is 23.9 Å². The van der Waals surface area contributed by atoms with Crippen LogP contribution in [-0.4, -0.2) is 29.7 Å². The van der Waals surface area contributed by atoms with E-state index in [4.69, 9.17) is 5.73 Å². The van der Waals surface area contributed by atoms with Gasteiger partial charge < -0.3 is 15.8 Å². The van der Waals surface area contributed by atoms with Gasteiger partial charge in [0.2, 0.25) is 11.8 Å². The van der Waals surface area contributed by atoms with Crippen molar-refractivity contribution in [2.45, 2.75) is 25.7 Å². The van der Waals surface area contributed by atoms with E-state index in [9.17, 15) is 18.0 Å². The van der Waals surface area contributed by atoms with Gasteiger partial charge in [-0.15, -0.1) is 0 Å². The first kappa shape index (κ1) is 15.2. The summed E-state index contributed by atoms with van der Waals surface area (Å²) >= 11 is 0. The molecule has 3 N–H and O–H groups in total. The van der Waals surface area contributed by atoms with Crippen LogP contribution in [0, 0.1) is 0 Å². The molecule has 1 atom stereocenters. The van der Waals surface area contributed by atoms with Gasteiger partial charge in [0.05, 0.1) is 6.04 Å². The van der Waals surface area contributed by atoms with Crippen molar-refractivity contribution in [1.82, 2.24) is 10.3 Å². The number of carbonyl (C=O) groups excluding carboxylic acids is 1. The van der Waals surface area contributed by atoms with Crippen LogP contribution in [0.2, 0.25) is 0 Å². The fourth-order valence-electron chi connectivity index (χ4n) is 1.18. The average molecular weight is 277 g/mol. The normalized spacial score (nSPS) is 12.9. The van der Waals surface area contributed by atoms with Gasteiger partial charge in [0, 0.05) is 18.3 Å². The highest BCUT2D eigenvalue weighted by molar-refractivity contribution is 5.80. The molecular weight excluding hydrogens is 263 g/mol. The third kappa shape index (κ3) is 5.56. The third-order valence-corrected chi connectivity index (χ3v) is 2.09. The van der Waals surface area contributed by atoms with E-state index >= 15 is 0 Å². The van der Waals surface area contributed by atoms with E-state index in [-0.39, 0.29) is 12.4 Å². The minimum absolute atomic E-state index is 0.00139. The second-order valence-electron chi connectivity index (χ2n) is 3.88. The summed E-state index contributed by atoms with van der Waals surface area (Å²) in [5.74, 6) is -0.574. The molecular formula is C11H14F3N3O2. The van der Waals surface area contributed by atoms with E-state index in [2.05, 4.69) is 15.0 Å². The lowest BCUT2D eigenvalue weighted by Gasteiger charge is -2.13. The standard InChI is InChI=1S/C11H14F3N3O2/c1-7(15)9(18)17-5-8-3-2-4-16-10(8)19-6-11(12,13)14/h2-4,7H,5-6,15H2,1H3,(H,17,18)/t7-/m1/s1. The van der Waals surface area contributed by atoms with Crippen molar-refractivity contribution in [1.29, 1.82) is 0 Å². The summed E-state index contributed by atoms with van der Waals surface area (Å²) in [6, 6.07) is 2.35. The molecule has 0 bridgehead atoms. The van der Waals surface area contributed by atoms with Crippen molar-refractivity contribution in [3.63, 3.8) is 0 Å². The molecule has 1 rings (SSSR count). The van der Waals surface area contributed by atoms with Crippen LogP contribution in [0.3, 0.4) is 0 Å². The fourth-order valence-corrected chi connectivity index (χ4v) is 1.18. The quantitative estimate of drug-likeness (QED) is 0.841. The van der Waals surface area contributed by atoms with Gasteiger partial charge in [0.1, 0.15) is 0 Å². The number of nitrogens with one attached hydrogen (secondary N) is 1. The number of hydrogen-bond acceptors (Lipinski definition) is 4. The predicted molar refractivity (Wildman–Crippen MR) is 61.3 cm³/mol. The lowest BCUT2D eigenvalue weighted by molar-refractivity contribution is -0.154. The van der Waals surface area contributed by atoms with Gasteiger partial charge in [-0.2, -0.15) is 13.2 Å². The number of rotatable bonds is 5. The molecule has 19 heavy (non-hydrogen) atoms. The highest BCUT2D eigenvalue weighted by Gasteiger charge is 2.29. The second-order valence-corrected chi connectivity index (χ2v) is 3.88. The molecule has 0 fully saturated rings. The van der Waals surface area contributed by atoms with Crippen LogP contribution < -0.4 is 15.8 Å². The summed E-state index contributed by atoms with van der Waals surface area (Å²) in [4.78, 5) is 15.0. The zero-order valence-electron chi connectivity index (χ0n) is 10.2. The molecule has 0 saturated carbocycles. The van der Waals surface area contributed by atoms with Gasteiger partial charge in [-0.3, -0.25) is 4.79 Å². The van der Waals surface area contributed by atoms with Crippen LogP contribution in [0.5, 0.6) is 5.88 Å². The molecule has 0 aliphatic carbocycles. The molecule has 0 saturated heterocycles. The van der Waals surface area contributed by atoms with Crippen LogP contribution in [-0.2, 0) is 11.3 Å². The summed E-state index contributed by atoms with van der Waals surface area (Å²) in [5.41, 5.74) is 5.69. The summed E-state index contributed by atoms with van der Waals surface area (Å²) in [6.45, 7) is 0.0687. The van der Waals surface area contributed by atoms with Gasteiger partial charge in [0.25, 0.3) is 0 Å². The fraction of sp³-hybridized carbons (Fsp3) is 0.455. The van der Waals surface area contributed by atoms with Gasteiger partial charge in [-0.05, 0) is 13.0 Å². The summed E-state index contributed by atoms with van der Waals surface area (Å²) in [6.07, 6.45) is -3.13. The average Bonchev–Trinajstić information content (AvgIpc) is 2.33. The van der Waals surface area contributed by atoms with E-state index in [1.807, 2.05) is 0 Å². The van der Waals surface area contributed by atoms with E-state index in [1.165, 1.54) is 25.3 Å². The number of hydrogen-bond donors (Lipinski definition) is 2. The molecule has 0 unspecified atom stereocenters. The lowest BCUT2D eigenvalue weighted by atomic mass is 10.2. The van der Waals surface area contributed by atoms with Crippen LogP contribution in [0.25, 0.3) is 0 Å². The topological polar surface area (TPSA) is 77.2 Å². The first-order chi connectivity index (χ1) is 8.79. The number of alkyl halides is 3. The zero-order chi connectivity index (χ0) is 14.5. The van der Waals surface area contributed by atoms with E-state index in [1.54, 1.807) is 0 Å². The predicted octanol–water partition coefficient (Wildman–Crippen LogP) is 0.986. The first-order valence-corrected chi connectivity index (χ1v) is 5.46. The maximum atomic E-state index is 12.1. The summed E-state index contributed by atoms with van der Waals surface area (Å²) in [5, 5.41) is 2.47. The van der Waals surface area contributed by atoms with E-state index < -0.39 is 24.7 Å². The molecule has 0 radical (unpaired) electrons. The number of nitrogens with two attached hydrogens (primary N) is 1. The van der Waals surface area contributed by atoms with Gasteiger partial charge in [-0.25, -0.2) is 4.98 Å². The summed E-state index contributed by atoms with van der Waals surface area (Å²) in [7, 11) is 0. The van der Waals surface area contributed by atoms with Crippen molar-refractivity contribution in [2.24, 2.45) is 5.73 Å². The van der Waals surface area contributed by atoms with Crippen LogP contribution in [0.15, 0.2) is 18.3 Å². The largest absolute Gasteiger partial charge is 0.468 e. The number of ether oxygens (including phenoxy) is 1. The molecule has 8 heteroatoms. The Bertz CT molecular complexity index is 435. The zero-order valence-corrected chi connectivity index (χ0v) is 10.2. The number of aromatic nitrogens is 1. The van der Waals surface area contributed by atoms with Gasteiger partial charge >= 0.3 is 6.18 Å². The van der Waals surface area contributed by atoms with Gasteiger partial charge in [-0.1, -0.05) is 6.07 Å². The van der Waals surface area contributed by atoms with E-state index in [0.717, 1.165) is 0 Å². The number of pyridine rings is 1. The van der Waals surface area contributed by atoms with Crippen LogP contribution in [0.1, 0.15) is 12.5 Å². The maximum Gasteiger partial charge on any atom is 0.422 e. The number of carbonyl (C=O) groups is 1.